The third-order valence-corrected chi connectivity index (χ3v) is 5.00. The van der Waals surface area contributed by atoms with Crippen LogP contribution in [0.5, 0.6) is 5.75 Å². The standard InChI is InChI=1S/C25H23N3O3/c1-16-8-11-19(12-9-16)24-27-25(31-28-24)21-6-4-5-7-22(21)30-15-23(29)26-20-13-10-17(2)18(3)14-20/h4-14H,15H2,1-3H3,(H,26,29). The zero-order valence-corrected chi connectivity index (χ0v) is 17.7. The topological polar surface area (TPSA) is 77.2 Å². The van der Waals surface area contributed by atoms with Gasteiger partial charge in [-0.1, -0.05) is 53.2 Å². The zero-order valence-electron chi connectivity index (χ0n) is 17.7. The Balaban J connectivity index is 1.47. The van der Waals surface area contributed by atoms with Crippen LogP contribution in [-0.4, -0.2) is 22.7 Å². The van der Waals surface area contributed by atoms with Crippen molar-refractivity contribution in [1.82, 2.24) is 10.1 Å². The van der Waals surface area contributed by atoms with Crippen molar-refractivity contribution in [2.45, 2.75) is 20.8 Å². The lowest BCUT2D eigenvalue weighted by atomic mass is 10.1. The molecule has 0 atom stereocenters. The summed E-state index contributed by atoms with van der Waals surface area (Å²) >= 11 is 0. The molecule has 4 rings (SSSR count). The van der Waals surface area contributed by atoms with E-state index in [1.165, 1.54) is 5.56 Å². The highest BCUT2D eigenvalue weighted by Gasteiger charge is 2.16. The summed E-state index contributed by atoms with van der Waals surface area (Å²) in [6.07, 6.45) is 0. The molecule has 0 spiro atoms. The molecule has 0 aliphatic heterocycles. The molecule has 6 heteroatoms. The maximum Gasteiger partial charge on any atom is 0.262 e. The first-order valence-electron chi connectivity index (χ1n) is 9.99. The van der Waals surface area contributed by atoms with Gasteiger partial charge in [-0.2, -0.15) is 4.98 Å². The first-order chi connectivity index (χ1) is 15.0. The molecular weight excluding hydrogens is 390 g/mol. The highest BCUT2D eigenvalue weighted by Crippen LogP contribution is 2.30. The van der Waals surface area contributed by atoms with Crippen molar-refractivity contribution in [1.29, 1.82) is 0 Å². The molecule has 0 saturated heterocycles. The summed E-state index contributed by atoms with van der Waals surface area (Å²) in [6.45, 7) is 5.92. The summed E-state index contributed by atoms with van der Waals surface area (Å²) < 4.78 is 11.2. The van der Waals surface area contributed by atoms with Gasteiger partial charge in [0.05, 0.1) is 5.56 Å². The zero-order chi connectivity index (χ0) is 21.8. The Labute approximate surface area is 180 Å². The highest BCUT2D eigenvalue weighted by atomic mass is 16.5. The molecule has 1 aromatic heterocycles. The van der Waals surface area contributed by atoms with Crippen molar-refractivity contribution in [3.8, 4) is 28.6 Å². The van der Waals surface area contributed by atoms with E-state index in [0.29, 0.717) is 23.0 Å². The second kappa shape index (κ2) is 8.83. The van der Waals surface area contributed by atoms with Crippen molar-refractivity contribution in [3.05, 3.63) is 83.4 Å². The minimum absolute atomic E-state index is 0.136. The average molecular weight is 413 g/mol. The molecule has 1 amide bonds. The van der Waals surface area contributed by atoms with E-state index >= 15 is 0 Å². The second-order valence-corrected chi connectivity index (χ2v) is 7.42. The Morgan fingerprint density at radius 1 is 0.968 bits per heavy atom. The second-order valence-electron chi connectivity index (χ2n) is 7.42. The van der Waals surface area contributed by atoms with Crippen LogP contribution >= 0.6 is 0 Å². The summed E-state index contributed by atoms with van der Waals surface area (Å²) in [5.74, 6) is 1.08. The van der Waals surface area contributed by atoms with Crippen LogP contribution < -0.4 is 10.1 Å². The van der Waals surface area contributed by atoms with Gasteiger partial charge in [-0.3, -0.25) is 4.79 Å². The summed E-state index contributed by atoms with van der Waals surface area (Å²) in [7, 11) is 0. The van der Waals surface area contributed by atoms with Gasteiger partial charge in [0.15, 0.2) is 6.61 Å². The Morgan fingerprint density at radius 3 is 2.52 bits per heavy atom. The van der Waals surface area contributed by atoms with Gasteiger partial charge in [0.2, 0.25) is 5.82 Å². The summed E-state index contributed by atoms with van der Waals surface area (Å²) in [4.78, 5) is 16.9. The Kier molecular flexibility index (Phi) is 5.80. The molecule has 31 heavy (non-hydrogen) atoms. The molecule has 3 aromatic carbocycles. The number of nitrogens with one attached hydrogen (secondary N) is 1. The first kappa shape index (κ1) is 20.3. The van der Waals surface area contributed by atoms with Gasteiger partial charge in [-0.25, -0.2) is 0 Å². The number of benzene rings is 3. The van der Waals surface area contributed by atoms with Crippen molar-refractivity contribution in [3.63, 3.8) is 0 Å². The van der Waals surface area contributed by atoms with E-state index in [4.69, 9.17) is 9.26 Å². The molecule has 1 N–H and O–H groups in total. The van der Waals surface area contributed by atoms with Crippen LogP contribution in [0.25, 0.3) is 22.8 Å². The van der Waals surface area contributed by atoms with E-state index in [-0.39, 0.29) is 12.5 Å². The number of aromatic nitrogens is 2. The monoisotopic (exact) mass is 413 g/mol. The lowest BCUT2D eigenvalue weighted by Crippen LogP contribution is -2.20. The Morgan fingerprint density at radius 2 is 1.74 bits per heavy atom. The summed E-state index contributed by atoms with van der Waals surface area (Å²) in [5, 5.41) is 6.93. The average Bonchev–Trinajstić information content (AvgIpc) is 3.26. The lowest BCUT2D eigenvalue weighted by Gasteiger charge is -2.10. The number of amides is 1. The van der Waals surface area contributed by atoms with Crippen molar-refractivity contribution < 1.29 is 14.1 Å². The molecule has 0 saturated carbocycles. The molecule has 0 bridgehead atoms. The van der Waals surface area contributed by atoms with Crippen LogP contribution in [-0.2, 0) is 4.79 Å². The van der Waals surface area contributed by atoms with Crippen molar-refractivity contribution >= 4 is 11.6 Å². The fourth-order valence-corrected chi connectivity index (χ4v) is 3.08. The van der Waals surface area contributed by atoms with Crippen LogP contribution in [0.15, 0.2) is 71.3 Å². The van der Waals surface area contributed by atoms with E-state index in [9.17, 15) is 4.79 Å². The fraction of sp³-hybridized carbons (Fsp3) is 0.160. The lowest BCUT2D eigenvalue weighted by molar-refractivity contribution is -0.118. The van der Waals surface area contributed by atoms with Gasteiger partial charge < -0.3 is 14.6 Å². The van der Waals surface area contributed by atoms with Crippen LogP contribution in [0.2, 0.25) is 0 Å². The quantitative estimate of drug-likeness (QED) is 0.461. The third kappa shape index (κ3) is 4.80. The van der Waals surface area contributed by atoms with E-state index in [1.54, 1.807) is 6.07 Å². The number of hydrogen-bond acceptors (Lipinski definition) is 5. The highest BCUT2D eigenvalue weighted by molar-refractivity contribution is 5.92. The van der Waals surface area contributed by atoms with E-state index in [0.717, 1.165) is 22.4 Å². The number of carbonyl (C=O) groups excluding carboxylic acids is 1. The molecule has 0 unspecified atom stereocenters. The van der Waals surface area contributed by atoms with Gasteiger partial charge in [0.1, 0.15) is 5.75 Å². The molecule has 156 valence electrons. The van der Waals surface area contributed by atoms with E-state index in [1.807, 2.05) is 81.4 Å². The fourth-order valence-electron chi connectivity index (χ4n) is 3.08. The number of carbonyl (C=O) groups is 1. The van der Waals surface area contributed by atoms with E-state index in [2.05, 4.69) is 15.5 Å². The number of ether oxygens (including phenoxy) is 1. The maximum absolute atomic E-state index is 12.4. The predicted octanol–water partition coefficient (Wildman–Crippen LogP) is 5.35. The molecule has 0 radical (unpaired) electrons. The molecule has 0 aliphatic rings. The number of para-hydroxylation sites is 1. The number of hydrogen-bond donors (Lipinski definition) is 1. The van der Waals surface area contributed by atoms with Crippen LogP contribution in [0.1, 0.15) is 16.7 Å². The normalized spacial score (nSPS) is 10.7. The number of nitrogens with zero attached hydrogens (tertiary/aromatic N) is 2. The van der Waals surface area contributed by atoms with Gasteiger partial charge in [-0.05, 0) is 56.2 Å². The van der Waals surface area contributed by atoms with Crippen LogP contribution in [0.4, 0.5) is 5.69 Å². The number of rotatable bonds is 6. The summed E-state index contributed by atoms with van der Waals surface area (Å²) in [5.41, 5.74) is 5.69. The van der Waals surface area contributed by atoms with E-state index < -0.39 is 0 Å². The van der Waals surface area contributed by atoms with Crippen LogP contribution in [0.3, 0.4) is 0 Å². The van der Waals surface area contributed by atoms with Gasteiger partial charge in [0.25, 0.3) is 11.8 Å². The number of aryl methyl sites for hydroxylation is 3. The summed E-state index contributed by atoms with van der Waals surface area (Å²) in [6, 6.07) is 21.0. The molecular formula is C25H23N3O3. The van der Waals surface area contributed by atoms with Gasteiger partial charge >= 0.3 is 0 Å². The molecule has 6 nitrogen and oxygen atoms in total. The van der Waals surface area contributed by atoms with Crippen molar-refractivity contribution in [2.75, 3.05) is 11.9 Å². The first-order valence-corrected chi connectivity index (χ1v) is 9.99. The van der Waals surface area contributed by atoms with Gasteiger partial charge in [0, 0.05) is 11.3 Å². The van der Waals surface area contributed by atoms with Crippen LogP contribution in [0, 0.1) is 20.8 Å². The molecule has 0 fully saturated rings. The Bertz CT molecular complexity index is 1210. The maximum atomic E-state index is 12.4. The third-order valence-electron chi connectivity index (χ3n) is 5.00. The minimum Gasteiger partial charge on any atom is -0.483 e. The van der Waals surface area contributed by atoms with Gasteiger partial charge in [-0.15, -0.1) is 0 Å². The SMILES string of the molecule is Cc1ccc(-c2noc(-c3ccccc3OCC(=O)Nc3ccc(C)c(C)c3)n2)cc1. The van der Waals surface area contributed by atoms with Crippen molar-refractivity contribution in [2.24, 2.45) is 0 Å². The smallest absolute Gasteiger partial charge is 0.262 e. The largest absolute Gasteiger partial charge is 0.483 e. The molecule has 0 aliphatic carbocycles. The Hall–Kier alpha value is -3.93. The molecule has 4 aromatic rings. The predicted molar refractivity (Wildman–Crippen MR) is 120 cm³/mol. The molecule has 1 heterocycles. The minimum atomic E-state index is -0.246. The number of anilines is 1.